The predicted molar refractivity (Wildman–Crippen MR) is 86.8 cm³/mol. The molecule has 0 aliphatic rings. The number of aryl methyl sites for hydroxylation is 1. The van der Waals surface area contributed by atoms with Gasteiger partial charge in [-0.2, -0.15) is 11.3 Å². The highest BCUT2D eigenvalue weighted by Crippen LogP contribution is 2.22. The van der Waals surface area contributed by atoms with E-state index < -0.39 is 16.1 Å². The fourth-order valence-electron chi connectivity index (χ4n) is 2.09. The molecule has 0 radical (unpaired) electrons. The second-order valence-electron chi connectivity index (χ2n) is 4.89. The Labute approximate surface area is 134 Å². The van der Waals surface area contributed by atoms with Gasteiger partial charge in [-0.3, -0.25) is 0 Å². The summed E-state index contributed by atoms with van der Waals surface area (Å²) in [7, 11) is -2.06. The summed E-state index contributed by atoms with van der Waals surface area (Å²) in [6, 6.07) is 6.64. The van der Waals surface area contributed by atoms with Gasteiger partial charge < -0.3 is 9.84 Å². The number of sulfonamides is 1. The maximum absolute atomic E-state index is 12.3. The molecule has 0 spiro atoms. The zero-order valence-electron chi connectivity index (χ0n) is 12.4. The number of hydrogen-bond acceptors (Lipinski definition) is 5. The second kappa shape index (κ2) is 7.23. The van der Waals surface area contributed by atoms with Crippen molar-refractivity contribution in [1.82, 2.24) is 4.72 Å². The summed E-state index contributed by atoms with van der Waals surface area (Å²) in [6.07, 6.45) is -0.337. The lowest BCUT2D eigenvalue weighted by atomic mass is 10.1. The number of ether oxygens (including phenoxy) is 1. The molecule has 0 unspecified atom stereocenters. The van der Waals surface area contributed by atoms with Crippen LogP contribution in [0.15, 0.2) is 39.9 Å². The fraction of sp³-hybridized carbons (Fsp3) is 0.333. The van der Waals surface area contributed by atoms with Crippen LogP contribution in [-0.4, -0.2) is 27.2 Å². The largest absolute Gasteiger partial charge is 0.497 e. The number of hydrogen-bond donors (Lipinski definition) is 2. The number of aliphatic hydroxyl groups excluding tert-OH is 1. The van der Waals surface area contributed by atoms with Gasteiger partial charge in [-0.05, 0) is 59.5 Å². The average Bonchev–Trinajstić information content (AvgIpc) is 3.00. The van der Waals surface area contributed by atoms with E-state index in [1.807, 2.05) is 16.8 Å². The third-order valence-corrected chi connectivity index (χ3v) is 5.63. The van der Waals surface area contributed by atoms with Crippen molar-refractivity contribution >= 4 is 21.4 Å². The summed E-state index contributed by atoms with van der Waals surface area (Å²) in [5, 5.41) is 13.7. The molecule has 0 aliphatic heterocycles. The highest BCUT2D eigenvalue weighted by Gasteiger charge is 2.17. The molecule has 2 N–H and O–H groups in total. The molecule has 5 nitrogen and oxygen atoms in total. The highest BCUT2D eigenvalue weighted by molar-refractivity contribution is 7.89. The van der Waals surface area contributed by atoms with Crippen molar-refractivity contribution in [2.45, 2.75) is 24.3 Å². The lowest BCUT2D eigenvalue weighted by molar-refractivity contribution is 0.169. The van der Waals surface area contributed by atoms with Crippen molar-refractivity contribution < 1.29 is 18.3 Å². The van der Waals surface area contributed by atoms with Gasteiger partial charge in [-0.15, -0.1) is 0 Å². The summed E-state index contributed by atoms with van der Waals surface area (Å²) in [6.45, 7) is 1.89. The average molecular weight is 341 g/mol. The maximum atomic E-state index is 12.3. The van der Waals surface area contributed by atoms with Crippen LogP contribution in [0.4, 0.5) is 0 Å². The molecule has 120 valence electrons. The molecule has 0 amide bonds. The first kappa shape index (κ1) is 17.0. The van der Waals surface area contributed by atoms with E-state index in [0.717, 1.165) is 5.56 Å². The summed E-state index contributed by atoms with van der Waals surface area (Å²) >= 11 is 1.50. The van der Waals surface area contributed by atoms with Crippen molar-refractivity contribution in [2.24, 2.45) is 0 Å². The van der Waals surface area contributed by atoms with Gasteiger partial charge >= 0.3 is 0 Å². The molecule has 2 rings (SSSR count). The van der Waals surface area contributed by atoms with E-state index in [1.54, 1.807) is 19.1 Å². The normalized spacial score (nSPS) is 13.0. The van der Waals surface area contributed by atoms with E-state index in [-0.39, 0.29) is 11.4 Å². The quantitative estimate of drug-likeness (QED) is 0.811. The summed E-state index contributed by atoms with van der Waals surface area (Å²) in [4.78, 5) is 0.221. The Morgan fingerprint density at radius 2 is 2.14 bits per heavy atom. The van der Waals surface area contributed by atoms with Gasteiger partial charge in [0.1, 0.15) is 5.75 Å². The Kier molecular flexibility index (Phi) is 5.57. The molecular formula is C15H19NO4S2. The van der Waals surface area contributed by atoms with Crippen LogP contribution in [0.5, 0.6) is 5.75 Å². The van der Waals surface area contributed by atoms with E-state index >= 15 is 0 Å². The smallest absolute Gasteiger partial charge is 0.240 e. The molecule has 7 heteroatoms. The molecule has 0 fully saturated rings. The third-order valence-electron chi connectivity index (χ3n) is 3.31. The molecule has 0 bridgehead atoms. The highest BCUT2D eigenvalue weighted by atomic mass is 32.2. The fourth-order valence-corrected chi connectivity index (χ4v) is 4.07. The van der Waals surface area contributed by atoms with Crippen LogP contribution >= 0.6 is 11.3 Å². The first-order valence-corrected chi connectivity index (χ1v) is 9.21. The van der Waals surface area contributed by atoms with Gasteiger partial charge in [-0.25, -0.2) is 13.1 Å². The third kappa shape index (κ3) is 4.07. The lowest BCUT2D eigenvalue weighted by Gasteiger charge is -2.12. The van der Waals surface area contributed by atoms with Crippen LogP contribution in [-0.2, 0) is 10.0 Å². The minimum absolute atomic E-state index is 0.171. The minimum atomic E-state index is -3.59. The SMILES string of the molecule is COc1ccc(S(=O)(=O)NCC[C@@H](O)c2ccsc2)c(C)c1. The number of aliphatic hydroxyl groups is 1. The molecule has 1 aromatic heterocycles. The van der Waals surface area contributed by atoms with E-state index in [9.17, 15) is 13.5 Å². The maximum Gasteiger partial charge on any atom is 0.240 e. The summed E-state index contributed by atoms with van der Waals surface area (Å²) in [5.41, 5.74) is 1.43. The molecule has 1 aromatic carbocycles. The Balaban J connectivity index is 1.99. The van der Waals surface area contributed by atoms with Crippen LogP contribution in [0.2, 0.25) is 0 Å². The first-order chi connectivity index (χ1) is 10.4. The minimum Gasteiger partial charge on any atom is -0.497 e. The predicted octanol–water partition coefficient (Wildman–Crippen LogP) is 2.47. The van der Waals surface area contributed by atoms with Crippen molar-refractivity contribution in [3.8, 4) is 5.75 Å². The lowest BCUT2D eigenvalue weighted by Crippen LogP contribution is -2.26. The first-order valence-electron chi connectivity index (χ1n) is 6.78. The van der Waals surface area contributed by atoms with E-state index in [2.05, 4.69) is 4.72 Å². The van der Waals surface area contributed by atoms with Gasteiger partial charge in [0, 0.05) is 6.54 Å². The van der Waals surface area contributed by atoms with Gasteiger partial charge in [0.05, 0.1) is 18.1 Å². The number of rotatable bonds is 7. The monoisotopic (exact) mass is 341 g/mol. The van der Waals surface area contributed by atoms with Gasteiger partial charge in [0.25, 0.3) is 0 Å². The Bertz CT molecular complexity index is 711. The molecule has 22 heavy (non-hydrogen) atoms. The zero-order valence-corrected chi connectivity index (χ0v) is 14.1. The topological polar surface area (TPSA) is 75.6 Å². The van der Waals surface area contributed by atoms with Crippen LogP contribution in [0.1, 0.15) is 23.7 Å². The van der Waals surface area contributed by atoms with E-state index in [1.165, 1.54) is 24.5 Å². The van der Waals surface area contributed by atoms with Crippen molar-refractivity contribution in [3.05, 3.63) is 46.2 Å². The number of nitrogens with one attached hydrogen (secondary N) is 1. The van der Waals surface area contributed by atoms with Crippen molar-refractivity contribution in [3.63, 3.8) is 0 Å². The number of methoxy groups -OCH3 is 1. The molecule has 0 aliphatic carbocycles. The second-order valence-corrected chi connectivity index (χ2v) is 7.41. The standard InChI is InChI=1S/C15H19NO4S2/c1-11-9-13(20-2)3-4-15(11)22(18,19)16-7-5-14(17)12-6-8-21-10-12/h3-4,6,8-10,14,16-17H,5,7H2,1-2H3/t14-/m1/s1. The van der Waals surface area contributed by atoms with Crippen molar-refractivity contribution in [2.75, 3.05) is 13.7 Å². The van der Waals surface area contributed by atoms with Gasteiger partial charge in [0.15, 0.2) is 0 Å². The number of thiophene rings is 1. The van der Waals surface area contributed by atoms with E-state index in [0.29, 0.717) is 17.7 Å². The Morgan fingerprint density at radius 3 is 2.73 bits per heavy atom. The van der Waals surface area contributed by atoms with Gasteiger partial charge in [-0.1, -0.05) is 0 Å². The molecule has 1 atom stereocenters. The van der Waals surface area contributed by atoms with E-state index in [4.69, 9.17) is 4.74 Å². The molecule has 2 aromatic rings. The van der Waals surface area contributed by atoms with Crippen LogP contribution in [0.25, 0.3) is 0 Å². The molecule has 0 saturated carbocycles. The molecule has 0 saturated heterocycles. The Hall–Kier alpha value is -1.41. The summed E-state index contributed by atoms with van der Waals surface area (Å²) < 4.78 is 32.2. The van der Waals surface area contributed by atoms with Crippen LogP contribution in [0, 0.1) is 6.92 Å². The Morgan fingerprint density at radius 1 is 1.36 bits per heavy atom. The molecular weight excluding hydrogens is 322 g/mol. The number of benzene rings is 1. The van der Waals surface area contributed by atoms with Crippen molar-refractivity contribution in [1.29, 1.82) is 0 Å². The van der Waals surface area contributed by atoms with Crippen LogP contribution in [0.3, 0.4) is 0 Å². The van der Waals surface area contributed by atoms with Gasteiger partial charge in [0.2, 0.25) is 10.0 Å². The van der Waals surface area contributed by atoms with Crippen LogP contribution < -0.4 is 9.46 Å². The molecule has 1 heterocycles. The zero-order chi connectivity index (χ0) is 16.2. The summed E-state index contributed by atoms with van der Waals surface area (Å²) in [5.74, 6) is 0.615.